The lowest BCUT2D eigenvalue weighted by Crippen LogP contribution is -2.33. The van der Waals surface area contributed by atoms with Crippen molar-refractivity contribution >= 4 is 11.7 Å². The molecule has 0 spiro atoms. The largest absolute Gasteiger partial charge is 0.504 e. The quantitative estimate of drug-likeness (QED) is 0.517. The monoisotopic (exact) mass is 444 g/mol. The van der Waals surface area contributed by atoms with Crippen LogP contribution in [0.1, 0.15) is 58.2 Å². The van der Waals surface area contributed by atoms with E-state index < -0.39 is 0 Å². The van der Waals surface area contributed by atoms with E-state index in [0.717, 1.165) is 22.4 Å². The first-order valence-corrected chi connectivity index (χ1v) is 11.0. The van der Waals surface area contributed by atoms with Crippen molar-refractivity contribution in [3.63, 3.8) is 0 Å². The minimum absolute atomic E-state index is 0.141. The number of ether oxygens (including phenoxy) is 2. The molecule has 0 amide bonds. The van der Waals surface area contributed by atoms with Gasteiger partial charge in [-0.1, -0.05) is 54.1 Å². The molecule has 1 heterocycles. The highest BCUT2D eigenvalue weighted by atomic mass is 16.5. The number of hydrogen-bond donors (Lipinski definition) is 2. The summed E-state index contributed by atoms with van der Waals surface area (Å²) < 4.78 is 10.4. The van der Waals surface area contributed by atoms with Crippen LogP contribution in [-0.2, 0) is 4.74 Å². The number of phenols is 1. The van der Waals surface area contributed by atoms with Crippen LogP contribution < -0.4 is 10.1 Å². The average molecular weight is 445 g/mol. The van der Waals surface area contributed by atoms with Gasteiger partial charge in [-0.25, -0.2) is 4.79 Å². The molecule has 0 bridgehead atoms. The molecule has 33 heavy (non-hydrogen) atoms. The Hall–Kier alpha value is -3.64. The number of esters is 1. The van der Waals surface area contributed by atoms with Crippen molar-refractivity contribution in [1.29, 1.82) is 0 Å². The van der Waals surface area contributed by atoms with Crippen LogP contribution in [0, 0.1) is 6.92 Å². The van der Waals surface area contributed by atoms with Crippen molar-refractivity contribution in [2.45, 2.75) is 32.5 Å². The lowest BCUT2D eigenvalue weighted by Gasteiger charge is -2.31. The summed E-state index contributed by atoms with van der Waals surface area (Å²) in [5.41, 5.74) is 5.33. The molecule has 2 atom stereocenters. The predicted octanol–water partition coefficient (Wildman–Crippen LogP) is 5.11. The lowest BCUT2D eigenvalue weighted by molar-refractivity contribution is 0.0600. The molecule has 6 heteroatoms. The third-order valence-electron chi connectivity index (χ3n) is 5.78. The smallest absolute Gasteiger partial charge is 0.337 e. The Kier molecular flexibility index (Phi) is 6.75. The molecule has 6 nitrogen and oxygen atoms in total. The molecule has 0 unspecified atom stereocenters. The zero-order chi connectivity index (χ0) is 23.4. The van der Waals surface area contributed by atoms with E-state index in [1.165, 1.54) is 12.7 Å². The Morgan fingerprint density at radius 2 is 1.82 bits per heavy atom. The summed E-state index contributed by atoms with van der Waals surface area (Å²) >= 11 is 0. The van der Waals surface area contributed by atoms with Crippen molar-refractivity contribution in [3.8, 4) is 11.5 Å². The maximum Gasteiger partial charge on any atom is 0.337 e. The number of rotatable bonds is 6. The Morgan fingerprint density at radius 1 is 1.09 bits per heavy atom. The minimum atomic E-state index is -0.377. The van der Waals surface area contributed by atoms with E-state index in [-0.39, 0.29) is 23.9 Å². The van der Waals surface area contributed by atoms with E-state index in [2.05, 4.69) is 36.5 Å². The first-order chi connectivity index (χ1) is 16.0. The summed E-state index contributed by atoms with van der Waals surface area (Å²) in [5.74, 6) is 0.231. The fourth-order valence-electron chi connectivity index (χ4n) is 4.01. The van der Waals surface area contributed by atoms with Crippen LogP contribution in [0.4, 0.5) is 0 Å². The van der Waals surface area contributed by atoms with E-state index in [9.17, 15) is 9.90 Å². The predicted molar refractivity (Wildman–Crippen MR) is 128 cm³/mol. The Bertz CT molecular complexity index is 1150. The third kappa shape index (κ3) is 4.91. The molecule has 0 aromatic heterocycles. The number of phenolic OH excluding ortho intramolecular Hbond substituents is 1. The molecule has 0 saturated carbocycles. The van der Waals surface area contributed by atoms with Gasteiger partial charge in [0.15, 0.2) is 11.5 Å². The van der Waals surface area contributed by atoms with E-state index in [1.54, 1.807) is 18.2 Å². The molecule has 0 fully saturated rings. The fourth-order valence-corrected chi connectivity index (χ4v) is 4.01. The summed E-state index contributed by atoms with van der Waals surface area (Å²) in [6.07, 6.45) is 0.269. The van der Waals surface area contributed by atoms with Gasteiger partial charge in [0.05, 0.1) is 19.3 Å². The Balaban J connectivity index is 1.72. The van der Waals surface area contributed by atoms with Gasteiger partial charge >= 0.3 is 5.97 Å². The van der Waals surface area contributed by atoms with Gasteiger partial charge in [-0.2, -0.15) is 0 Å². The van der Waals surface area contributed by atoms with E-state index in [1.807, 2.05) is 31.2 Å². The molecule has 2 N–H and O–H groups in total. The maximum absolute atomic E-state index is 11.8. The highest BCUT2D eigenvalue weighted by Crippen LogP contribution is 2.38. The molecule has 1 aliphatic heterocycles. The van der Waals surface area contributed by atoms with Crippen LogP contribution in [0.3, 0.4) is 0 Å². The lowest BCUT2D eigenvalue weighted by atomic mass is 9.93. The molecule has 0 radical (unpaired) electrons. The highest BCUT2D eigenvalue weighted by Gasteiger charge is 2.28. The number of hydrogen-bond acceptors (Lipinski definition) is 6. The van der Waals surface area contributed by atoms with Crippen LogP contribution in [0.15, 0.2) is 71.7 Å². The topological polar surface area (TPSA) is 80.2 Å². The summed E-state index contributed by atoms with van der Waals surface area (Å²) in [4.78, 5) is 16.8. The normalized spacial score (nSPS) is 17.8. The molecule has 0 saturated heterocycles. The minimum Gasteiger partial charge on any atom is -0.504 e. The number of carbonyl (C=O) groups is 1. The van der Waals surface area contributed by atoms with Crippen LogP contribution in [0.25, 0.3) is 0 Å². The van der Waals surface area contributed by atoms with Crippen LogP contribution in [0.2, 0.25) is 0 Å². The second-order valence-electron chi connectivity index (χ2n) is 8.01. The highest BCUT2D eigenvalue weighted by molar-refractivity contribution is 6.01. The van der Waals surface area contributed by atoms with E-state index in [0.29, 0.717) is 24.3 Å². The third-order valence-corrected chi connectivity index (χ3v) is 5.78. The second-order valence-corrected chi connectivity index (χ2v) is 8.01. The number of para-hydroxylation sites is 1. The summed E-state index contributed by atoms with van der Waals surface area (Å²) in [5, 5.41) is 14.4. The zero-order valence-corrected chi connectivity index (χ0v) is 19.0. The number of carbonyl (C=O) groups excluding carboxylic acids is 1. The van der Waals surface area contributed by atoms with E-state index >= 15 is 0 Å². The Morgan fingerprint density at radius 3 is 2.48 bits per heavy atom. The van der Waals surface area contributed by atoms with Crippen molar-refractivity contribution < 1.29 is 19.4 Å². The number of nitrogens with one attached hydrogen (secondary N) is 1. The number of aryl methyl sites for hydroxylation is 1. The number of aromatic hydroxyl groups is 1. The molecular formula is C27H28N2O4. The molecule has 3 aromatic rings. The summed E-state index contributed by atoms with van der Waals surface area (Å²) in [6.45, 7) is 4.42. The van der Waals surface area contributed by atoms with Gasteiger partial charge in [0, 0.05) is 23.7 Å². The summed E-state index contributed by atoms with van der Waals surface area (Å²) in [6, 6.07) is 20.9. The fraction of sp³-hybridized carbons (Fsp3) is 0.259. The van der Waals surface area contributed by atoms with Crippen LogP contribution >= 0.6 is 0 Å². The van der Waals surface area contributed by atoms with Crippen molar-refractivity contribution in [1.82, 2.24) is 5.32 Å². The Labute approximate surface area is 193 Å². The van der Waals surface area contributed by atoms with Gasteiger partial charge in [0.1, 0.15) is 6.17 Å². The second kappa shape index (κ2) is 9.88. The van der Waals surface area contributed by atoms with Crippen molar-refractivity contribution in [2.24, 2.45) is 4.99 Å². The van der Waals surface area contributed by atoms with Gasteiger partial charge in [-0.05, 0) is 43.2 Å². The SMILES string of the molecule is CCOc1cccc([C@H]2CC(c3ccc(C)cc3)=N[C@@H](c3ccc(C(=O)OC)cc3)N2)c1O. The maximum atomic E-state index is 11.8. The molecule has 0 aliphatic carbocycles. The first-order valence-electron chi connectivity index (χ1n) is 11.0. The average Bonchev–Trinajstić information content (AvgIpc) is 2.85. The van der Waals surface area contributed by atoms with Crippen LogP contribution in [-0.4, -0.2) is 30.5 Å². The number of benzene rings is 3. The molecular weight excluding hydrogens is 416 g/mol. The van der Waals surface area contributed by atoms with Gasteiger partial charge < -0.3 is 14.6 Å². The van der Waals surface area contributed by atoms with Gasteiger partial charge in [0.2, 0.25) is 0 Å². The first kappa shape index (κ1) is 22.6. The van der Waals surface area contributed by atoms with Gasteiger partial charge in [0.25, 0.3) is 0 Å². The summed E-state index contributed by atoms with van der Waals surface area (Å²) in [7, 11) is 1.37. The van der Waals surface area contributed by atoms with Gasteiger partial charge in [-0.15, -0.1) is 0 Å². The van der Waals surface area contributed by atoms with Crippen molar-refractivity contribution in [2.75, 3.05) is 13.7 Å². The molecule has 170 valence electrons. The zero-order valence-electron chi connectivity index (χ0n) is 19.0. The van der Waals surface area contributed by atoms with E-state index in [4.69, 9.17) is 14.5 Å². The number of aliphatic imine (C=N–C) groups is 1. The van der Waals surface area contributed by atoms with Crippen LogP contribution in [0.5, 0.6) is 11.5 Å². The van der Waals surface area contributed by atoms with Gasteiger partial charge in [-0.3, -0.25) is 10.3 Å². The number of nitrogens with zero attached hydrogens (tertiary/aromatic N) is 1. The van der Waals surface area contributed by atoms with Crippen molar-refractivity contribution in [3.05, 3.63) is 94.5 Å². The molecule has 1 aliphatic rings. The number of methoxy groups -OCH3 is 1. The molecule has 3 aromatic carbocycles. The standard InChI is InChI=1S/C27H28N2O4/c1-4-33-24-7-5-6-21(25(24)30)23-16-22(18-10-8-17(2)9-11-18)28-26(29-23)19-12-14-20(15-13-19)27(31)32-3/h5-15,23,26,29-30H,4,16H2,1-3H3/t23-,26-/m1/s1. The molecule has 4 rings (SSSR count).